The van der Waals surface area contributed by atoms with E-state index in [1.807, 2.05) is 30.3 Å². The third-order valence-corrected chi connectivity index (χ3v) is 2.52. The van der Waals surface area contributed by atoms with Crippen LogP contribution in [0, 0.1) is 0 Å². The minimum absolute atomic E-state index is 0.0582. The molecule has 4 heteroatoms. The molecule has 0 aromatic heterocycles. The van der Waals surface area contributed by atoms with Crippen molar-refractivity contribution in [2.45, 2.75) is 38.8 Å². The van der Waals surface area contributed by atoms with Crippen molar-refractivity contribution in [1.82, 2.24) is 5.32 Å². The molecular weight excluding hydrogens is 224 g/mol. The molecule has 0 saturated heterocycles. The number of nitrogens with one attached hydrogen (secondary N) is 1. The number of alkyl halides is 2. The van der Waals surface area contributed by atoms with Crippen LogP contribution in [-0.4, -0.2) is 18.3 Å². The van der Waals surface area contributed by atoms with Crippen molar-refractivity contribution < 1.29 is 13.6 Å². The van der Waals surface area contributed by atoms with Crippen LogP contribution in [0.3, 0.4) is 0 Å². The van der Waals surface area contributed by atoms with Crippen LogP contribution in [0.5, 0.6) is 0 Å². The fourth-order valence-electron chi connectivity index (χ4n) is 1.52. The van der Waals surface area contributed by atoms with Crippen molar-refractivity contribution in [3.05, 3.63) is 35.9 Å². The third kappa shape index (κ3) is 5.54. The largest absolute Gasteiger partial charge is 0.305 e. The molecular formula is C13H17F2NO. The highest BCUT2D eigenvalue weighted by Gasteiger charge is 2.19. The summed E-state index contributed by atoms with van der Waals surface area (Å²) in [6, 6.07) is 8.44. The number of hydrogen-bond donors (Lipinski definition) is 1. The molecule has 1 unspecified atom stereocenters. The molecule has 0 aliphatic heterocycles. The van der Waals surface area contributed by atoms with E-state index in [4.69, 9.17) is 0 Å². The predicted molar refractivity (Wildman–Crippen MR) is 63.0 cm³/mol. The van der Waals surface area contributed by atoms with Crippen LogP contribution >= 0.6 is 0 Å². The Morgan fingerprint density at radius 1 is 1.29 bits per heavy atom. The average molecular weight is 241 g/mol. The number of benzene rings is 1. The van der Waals surface area contributed by atoms with Crippen LogP contribution in [0.1, 0.15) is 25.3 Å². The smallest absolute Gasteiger partial charge is 0.253 e. The van der Waals surface area contributed by atoms with E-state index in [1.165, 1.54) is 6.92 Å². The maximum Gasteiger partial charge on any atom is 0.253 e. The highest BCUT2D eigenvalue weighted by Crippen LogP contribution is 2.09. The molecule has 17 heavy (non-hydrogen) atoms. The van der Waals surface area contributed by atoms with Crippen molar-refractivity contribution in [2.75, 3.05) is 0 Å². The molecule has 0 fully saturated rings. The first-order chi connectivity index (χ1) is 8.09. The lowest BCUT2D eigenvalue weighted by molar-refractivity contribution is -0.117. The summed E-state index contributed by atoms with van der Waals surface area (Å²) in [5.41, 5.74) is 0.959. The fourth-order valence-corrected chi connectivity index (χ4v) is 1.52. The summed E-state index contributed by atoms with van der Waals surface area (Å²) in [7, 11) is 0. The van der Waals surface area contributed by atoms with Gasteiger partial charge in [-0.05, 0) is 18.9 Å². The van der Waals surface area contributed by atoms with Gasteiger partial charge in [-0.3, -0.25) is 0 Å². The predicted octanol–water partition coefficient (Wildman–Crippen LogP) is 2.78. The van der Waals surface area contributed by atoms with E-state index in [0.717, 1.165) is 5.56 Å². The second-order valence-electron chi connectivity index (χ2n) is 4.05. The minimum Gasteiger partial charge on any atom is -0.305 e. The summed E-state index contributed by atoms with van der Waals surface area (Å²) in [4.78, 5) is 10.8. The van der Waals surface area contributed by atoms with E-state index in [0.29, 0.717) is 6.54 Å². The summed E-state index contributed by atoms with van der Waals surface area (Å²) < 4.78 is 25.4. The highest BCUT2D eigenvalue weighted by molar-refractivity contribution is 5.75. The van der Waals surface area contributed by atoms with E-state index in [9.17, 15) is 13.6 Å². The van der Waals surface area contributed by atoms with Gasteiger partial charge in [0.05, 0.1) is 6.04 Å². The molecule has 0 saturated carbocycles. The van der Waals surface area contributed by atoms with Crippen LogP contribution in [0.2, 0.25) is 0 Å². The summed E-state index contributed by atoms with van der Waals surface area (Å²) in [6.07, 6.45) is -2.07. The monoisotopic (exact) mass is 241 g/mol. The third-order valence-electron chi connectivity index (χ3n) is 2.52. The number of rotatable bonds is 7. The molecule has 0 aliphatic carbocycles. The first-order valence-electron chi connectivity index (χ1n) is 5.64. The number of Topliss-reactive ketones (excluding diaryl/α,β-unsaturated/α-hetero) is 1. The molecule has 0 amide bonds. The number of halogens is 2. The van der Waals surface area contributed by atoms with Crippen molar-refractivity contribution in [1.29, 1.82) is 0 Å². The summed E-state index contributed by atoms with van der Waals surface area (Å²) in [6.45, 7) is 1.81. The highest BCUT2D eigenvalue weighted by atomic mass is 19.3. The van der Waals surface area contributed by atoms with Gasteiger partial charge in [-0.15, -0.1) is 0 Å². The first-order valence-corrected chi connectivity index (χ1v) is 5.64. The van der Waals surface area contributed by atoms with Crippen LogP contribution in [0.4, 0.5) is 8.78 Å². The van der Waals surface area contributed by atoms with Gasteiger partial charge in [-0.1, -0.05) is 30.3 Å². The maximum absolute atomic E-state index is 12.7. The zero-order valence-corrected chi connectivity index (χ0v) is 9.83. The quantitative estimate of drug-likeness (QED) is 0.795. The Kier molecular flexibility index (Phi) is 5.77. The molecule has 1 aromatic carbocycles. The molecule has 1 aromatic rings. The van der Waals surface area contributed by atoms with Crippen LogP contribution < -0.4 is 5.32 Å². The topological polar surface area (TPSA) is 29.1 Å². The Morgan fingerprint density at radius 2 is 1.94 bits per heavy atom. The maximum atomic E-state index is 12.7. The van der Waals surface area contributed by atoms with E-state index in [1.54, 1.807) is 0 Å². The Bertz CT molecular complexity index is 341. The van der Waals surface area contributed by atoms with E-state index < -0.39 is 12.5 Å². The van der Waals surface area contributed by atoms with Crippen molar-refractivity contribution in [3.8, 4) is 0 Å². The molecule has 2 nitrogen and oxygen atoms in total. The van der Waals surface area contributed by atoms with Gasteiger partial charge in [0, 0.05) is 13.0 Å². The van der Waals surface area contributed by atoms with Crippen LogP contribution in [0.15, 0.2) is 30.3 Å². The van der Waals surface area contributed by atoms with Gasteiger partial charge in [0.1, 0.15) is 5.78 Å². The number of hydrogen-bond acceptors (Lipinski definition) is 2. The summed E-state index contributed by atoms with van der Waals surface area (Å²) in [5.74, 6) is -0.0582. The number of carbonyl (C=O) groups is 1. The van der Waals surface area contributed by atoms with Gasteiger partial charge >= 0.3 is 0 Å². The standard InChI is InChI=1S/C13H17F2NO/c1-10(17)7-8-12(13(14)15)16-9-11-5-3-2-4-6-11/h2-6,12-13,16H,7-9H2,1H3. The SMILES string of the molecule is CC(=O)CCC(NCc1ccccc1)C(F)F. The Labute approximate surface area is 100 Å². The Hall–Kier alpha value is -1.29. The molecule has 1 rings (SSSR count). The molecule has 1 N–H and O–H groups in total. The minimum atomic E-state index is -2.45. The zero-order valence-electron chi connectivity index (χ0n) is 9.83. The van der Waals surface area contributed by atoms with Crippen LogP contribution in [-0.2, 0) is 11.3 Å². The van der Waals surface area contributed by atoms with E-state index in [2.05, 4.69) is 5.32 Å². The first kappa shape index (κ1) is 13.8. The number of carbonyl (C=O) groups excluding carboxylic acids is 1. The molecule has 94 valence electrons. The molecule has 0 bridgehead atoms. The van der Waals surface area contributed by atoms with Gasteiger partial charge in [0.2, 0.25) is 0 Å². The van der Waals surface area contributed by atoms with E-state index in [-0.39, 0.29) is 18.6 Å². The van der Waals surface area contributed by atoms with Crippen molar-refractivity contribution in [2.24, 2.45) is 0 Å². The zero-order chi connectivity index (χ0) is 12.7. The van der Waals surface area contributed by atoms with Gasteiger partial charge in [-0.25, -0.2) is 8.78 Å². The van der Waals surface area contributed by atoms with Gasteiger partial charge in [0.25, 0.3) is 6.43 Å². The average Bonchev–Trinajstić information content (AvgIpc) is 2.29. The molecule has 0 radical (unpaired) electrons. The van der Waals surface area contributed by atoms with Gasteiger partial charge in [0.15, 0.2) is 0 Å². The van der Waals surface area contributed by atoms with E-state index >= 15 is 0 Å². The van der Waals surface area contributed by atoms with Crippen molar-refractivity contribution in [3.63, 3.8) is 0 Å². The lowest BCUT2D eigenvalue weighted by Crippen LogP contribution is -2.35. The normalized spacial score (nSPS) is 12.7. The molecule has 0 spiro atoms. The Morgan fingerprint density at radius 3 is 2.47 bits per heavy atom. The summed E-state index contributed by atoms with van der Waals surface area (Å²) in [5, 5.41) is 2.79. The van der Waals surface area contributed by atoms with Crippen LogP contribution in [0.25, 0.3) is 0 Å². The number of ketones is 1. The Balaban J connectivity index is 2.42. The van der Waals surface area contributed by atoms with Crippen molar-refractivity contribution >= 4 is 5.78 Å². The lowest BCUT2D eigenvalue weighted by atomic mass is 10.1. The summed E-state index contributed by atoms with van der Waals surface area (Å²) >= 11 is 0. The second-order valence-corrected chi connectivity index (χ2v) is 4.05. The van der Waals surface area contributed by atoms with Gasteiger partial charge < -0.3 is 10.1 Å². The van der Waals surface area contributed by atoms with Gasteiger partial charge in [-0.2, -0.15) is 0 Å². The molecule has 1 atom stereocenters. The molecule has 0 heterocycles. The fraction of sp³-hybridized carbons (Fsp3) is 0.462. The molecule has 0 aliphatic rings. The second kappa shape index (κ2) is 7.12. The lowest BCUT2D eigenvalue weighted by Gasteiger charge is -2.17.